The zero-order valence-corrected chi connectivity index (χ0v) is 20.1. The first-order valence-corrected chi connectivity index (χ1v) is 11.8. The minimum atomic E-state index is 0.112. The zero-order valence-electron chi connectivity index (χ0n) is 19.4. The first-order valence-electron chi connectivity index (χ1n) is 11.5. The summed E-state index contributed by atoms with van der Waals surface area (Å²) in [6.07, 6.45) is 2.04. The average Bonchev–Trinajstić information content (AvgIpc) is 3.48. The normalized spacial score (nSPS) is 15.9. The van der Waals surface area contributed by atoms with E-state index in [4.69, 9.17) is 26.2 Å². The standard InChI is InChI=1S/C27H28ClN3O3/c1-33-17-24-27(18-8-10-23(34-2)11-9-18)26-15-22(30-12-4-7-21(30)16-32)14-25(31(26)29-24)19-5-3-6-20(28)13-19/h3,5-6,8-11,13-15,21,32H,4,7,12,16-17H2,1-2H3/t21-/m0/s1. The monoisotopic (exact) mass is 477 g/mol. The maximum atomic E-state index is 9.98. The lowest BCUT2D eigenvalue weighted by Crippen LogP contribution is -2.32. The lowest BCUT2D eigenvalue weighted by Gasteiger charge is -2.26. The van der Waals surface area contributed by atoms with E-state index < -0.39 is 0 Å². The summed E-state index contributed by atoms with van der Waals surface area (Å²) in [6.45, 7) is 1.43. The molecule has 5 rings (SSSR count). The van der Waals surface area contributed by atoms with Gasteiger partial charge in [-0.3, -0.25) is 0 Å². The summed E-state index contributed by atoms with van der Waals surface area (Å²) in [4.78, 5) is 2.30. The number of benzene rings is 2. The number of methoxy groups -OCH3 is 2. The van der Waals surface area contributed by atoms with E-state index >= 15 is 0 Å². The van der Waals surface area contributed by atoms with Gasteiger partial charge in [-0.2, -0.15) is 5.10 Å². The van der Waals surface area contributed by atoms with Crippen molar-refractivity contribution < 1.29 is 14.6 Å². The molecule has 0 saturated carbocycles. The Labute approximate surface area is 204 Å². The third kappa shape index (κ3) is 4.13. The smallest absolute Gasteiger partial charge is 0.118 e. The van der Waals surface area contributed by atoms with Crippen LogP contribution in [0.25, 0.3) is 27.9 Å². The van der Waals surface area contributed by atoms with Crippen molar-refractivity contribution in [1.82, 2.24) is 9.61 Å². The van der Waals surface area contributed by atoms with Gasteiger partial charge < -0.3 is 19.5 Å². The third-order valence-electron chi connectivity index (χ3n) is 6.49. The molecular weight excluding hydrogens is 450 g/mol. The van der Waals surface area contributed by atoms with Gasteiger partial charge in [-0.1, -0.05) is 35.9 Å². The molecule has 0 bridgehead atoms. The Hall–Kier alpha value is -3.06. The number of ether oxygens (including phenoxy) is 2. The van der Waals surface area contributed by atoms with Crippen LogP contribution >= 0.6 is 11.6 Å². The summed E-state index contributed by atoms with van der Waals surface area (Å²) in [7, 11) is 3.35. The number of anilines is 1. The molecular formula is C27H28ClN3O3. The van der Waals surface area contributed by atoms with Gasteiger partial charge in [0.1, 0.15) is 5.75 Å². The van der Waals surface area contributed by atoms with Gasteiger partial charge >= 0.3 is 0 Å². The Kier molecular flexibility index (Phi) is 6.46. The number of aliphatic hydroxyl groups is 1. The van der Waals surface area contributed by atoms with E-state index in [2.05, 4.69) is 17.0 Å². The van der Waals surface area contributed by atoms with Crippen molar-refractivity contribution in [1.29, 1.82) is 0 Å². The molecule has 7 heteroatoms. The van der Waals surface area contributed by atoms with Crippen molar-refractivity contribution in [2.24, 2.45) is 0 Å². The van der Waals surface area contributed by atoms with Crippen molar-refractivity contribution in [3.05, 3.63) is 71.4 Å². The molecule has 0 spiro atoms. The Morgan fingerprint density at radius 2 is 1.88 bits per heavy atom. The van der Waals surface area contributed by atoms with E-state index in [1.54, 1.807) is 14.2 Å². The SMILES string of the molecule is COCc1nn2c(-c3cccc(Cl)c3)cc(N3CCC[C@H]3CO)cc2c1-c1ccc(OC)cc1. The summed E-state index contributed by atoms with van der Waals surface area (Å²) in [5.74, 6) is 0.802. The minimum Gasteiger partial charge on any atom is -0.497 e. The van der Waals surface area contributed by atoms with Crippen molar-refractivity contribution >= 4 is 22.8 Å². The van der Waals surface area contributed by atoms with Crippen LogP contribution in [0, 0.1) is 0 Å². The van der Waals surface area contributed by atoms with Crippen LogP contribution in [-0.4, -0.2) is 48.1 Å². The molecule has 2 aromatic carbocycles. The van der Waals surface area contributed by atoms with Gasteiger partial charge in [0.15, 0.2) is 0 Å². The van der Waals surface area contributed by atoms with E-state index in [1.165, 1.54) is 0 Å². The van der Waals surface area contributed by atoms with Crippen LogP contribution in [0.5, 0.6) is 5.75 Å². The van der Waals surface area contributed by atoms with E-state index in [9.17, 15) is 5.11 Å². The summed E-state index contributed by atoms with van der Waals surface area (Å²) in [6, 6.07) is 20.3. The summed E-state index contributed by atoms with van der Waals surface area (Å²) >= 11 is 6.36. The Morgan fingerprint density at radius 1 is 1.06 bits per heavy atom. The van der Waals surface area contributed by atoms with Gasteiger partial charge in [0, 0.05) is 35.5 Å². The molecule has 1 N–H and O–H groups in total. The number of halogens is 1. The Balaban J connectivity index is 1.79. The van der Waals surface area contributed by atoms with E-state index in [0.29, 0.717) is 11.6 Å². The van der Waals surface area contributed by atoms with Crippen LogP contribution in [0.3, 0.4) is 0 Å². The fourth-order valence-corrected chi connectivity index (χ4v) is 5.06. The van der Waals surface area contributed by atoms with Crippen molar-refractivity contribution in [2.75, 3.05) is 32.3 Å². The number of pyridine rings is 1. The highest BCUT2D eigenvalue weighted by atomic mass is 35.5. The highest BCUT2D eigenvalue weighted by Gasteiger charge is 2.26. The molecule has 0 unspecified atom stereocenters. The van der Waals surface area contributed by atoms with Crippen molar-refractivity contribution in [3.63, 3.8) is 0 Å². The number of hydrogen-bond acceptors (Lipinski definition) is 5. The molecule has 0 amide bonds. The first kappa shape index (κ1) is 22.7. The summed E-state index contributed by atoms with van der Waals surface area (Å²) in [5.41, 5.74) is 6.88. The van der Waals surface area contributed by atoms with E-state index in [0.717, 1.165) is 64.4 Å². The van der Waals surface area contributed by atoms with Crippen molar-refractivity contribution in [3.8, 4) is 28.1 Å². The first-order chi connectivity index (χ1) is 16.6. The van der Waals surface area contributed by atoms with Crippen molar-refractivity contribution in [2.45, 2.75) is 25.5 Å². The third-order valence-corrected chi connectivity index (χ3v) is 6.73. The molecule has 1 saturated heterocycles. The molecule has 0 aliphatic carbocycles. The Morgan fingerprint density at radius 3 is 2.59 bits per heavy atom. The molecule has 2 aromatic heterocycles. The predicted octanol–water partition coefficient (Wildman–Crippen LogP) is 5.44. The van der Waals surface area contributed by atoms with Gasteiger partial charge in [0.2, 0.25) is 0 Å². The second kappa shape index (κ2) is 9.66. The molecule has 176 valence electrons. The van der Waals surface area contributed by atoms with Crippen LogP contribution in [-0.2, 0) is 11.3 Å². The molecule has 0 radical (unpaired) electrons. The number of fused-ring (bicyclic) bond motifs is 1. The Bertz CT molecular complexity index is 1300. The molecule has 1 aliphatic rings. The molecule has 34 heavy (non-hydrogen) atoms. The zero-order chi connectivity index (χ0) is 23.7. The second-order valence-corrected chi connectivity index (χ2v) is 9.00. The van der Waals surface area contributed by atoms with E-state index in [1.807, 2.05) is 53.0 Å². The number of hydrogen-bond donors (Lipinski definition) is 1. The fourth-order valence-electron chi connectivity index (χ4n) is 4.87. The quantitative estimate of drug-likeness (QED) is 0.384. The fraction of sp³-hybridized carbons (Fsp3) is 0.296. The van der Waals surface area contributed by atoms with E-state index in [-0.39, 0.29) is 12.6 Å². The van der Waals surface area contributed by atoms with Gasteiger partial charge in [-0.15, -0.1) is 0 Å². The number of aliphatic hydroxyl groups excluding tert-OH is 1. The molecule has 1 aliphatic heterocycles. The van der Waals surface area contributed by atoms with Gasteiger partial charge in [-0.25, -0.2) is 4.52 Å². The van der Waals surface area contributed by atoms with Crippen LogP contribution in [0.4, 0.5) is 5.69 Å². The molecule has 3 heterocycles. The lowest BCUT2D eigenvalue weighted by molar-refractivity contribution is 0.181. The molecule has 6 nitrogen and oxygen atoms in total. The number of nitrogens with zero attached hydrogens (tertiary/aromatic N) is 3. The second-order valence-electron chi connectivity index (χ2n) is 8.56. The van der Waals surface area contributed by atoms with Crippen LogP contribution in [0.1, 0.15) is 18.5 Å². The molecule has 1 fully saturated rings. The number of rotatable bonds is 7. The molecule has 4 aromatic rings. The van der Waals surface area contributed by atoms with Gasteiger partial charge in [0.05, 0.1) is 43.3 Å². The molecule has 1 atom stereocenters. The topological polar surface area (TPSA) is 59.2 Å². The maximum Gasteiger partial charge on any atom is 0.118 e. The number of aromatic nitrogens is 2. The van der Waals surface area contributed by atoms with Gasteiger partial charge in [0.25, 0.3) is 0 Å². The largest absolute Gasteiger partial charge is 0.497 e. The average molecular weight is 478 g/mol. The minimum absolute atomic E-state index is 0.112. The van der Waals surface area contributed by atoms with Crippen LogP contribution < -0.4 is 9.64 Å². The van der Waals surface area contributed by atoms with Crippen LogP contribution in [0.15, 0.2) is 60.7 Å². The predicted molar refractivity (Wildman–Crippen MR) is 136 cm³/mol. The van der Waals surface area contributed by atoms with Crippen LogP contribution in [0.2, 0.25) is 5.02 Å². The highest BCUT2D eigenvalue weighted by molar-refractivity contribution is 6.30. The maximum absolute atomic E-state index is 9.98. The van der Waals surface area contributed by atoms with Gasteiger partial charge in [-0.05, 0) is 54.8 Å². The summed E-state index contributed by atoms with van der Waals surface area (Å²) in [5, 5.41) is 15.6. The highest BCUT2D eigenvalue weighted by Crippen LogP contribution is 2.38. The lowest BCUT2D eigenvalue weighted by atomic mass is 10.0. The summed E-state index contributed by atoms with van der Waals surface area (Å²) < 4.78 is 12.9.